The van der Waals surface area contributed by atoms with E-state index in [2.05, 4.69) is 21.2 Å². The Bertz CT molecular complexity index is 647. The van der Waals surface area contributed by atoms with Gasteiger partial charge in [-0.2, -0.15) is 0 Å². The molecule has 1 rings (SSSR count). The van der Waals surface area contributed by atoms with Gasteiger partial charge in [0.05, 0.1) is 13.2 Å². The van der Waals surface area contributed by atoms with Crippen LogP contribution in [0.1, 0.15) is 31.9 Å². The van der Waals surface area contributed by atoms with E-state index in [1.807, 2.05) is 0 Å². The van der Waals surface area contributed by atoms with Crippen LogP contribution < -0.4 is 5.32 Å². The van der Waals surface area contributed by atoms with Crippen molar-refractivity contribution in [3.8, 4) is 0 Å². The average Bonchev–Trinajstić information content (AvgIpc) is 2.56. The number of ether oxygens (including phenoxy) is 2. The van der Waals surface area contributed by atoms with Gasteiger partial charge in [-0.3, -0.25) is 4.79 Å². The molecule has 0 atom stereocenters. The van der Waals surface area contributed by atoms with Crippen LogP contribution in [0.2, 0.25) is 0 Å². The third kappa shape index (κ3) is 5.52. The number of amides is 1. The summed E-state index contributed by atoms with van der Waals surface area (Å²) in [7, 11) is 0. The summed E-state index contributed by atoms with van der Waals surface area (Å²) in [5.41, 5.74) is -0.918. The molecule has 0 saturated carbocycles. The van der Waals surface area contributed by atoms with Crippen molar-refractivity contribution < 1.29 is 28.2 Å². The smallest absolute Gasteiger partial charge is 0.344 e. The summed E-state index contributed by atoms with van der Waals surface area (Å²) >= 11 is 3.32. The van der Waals surface area contributed by atoms with Gasteiger partial charge >= 0.3 is 11.9 Å². The molecule has 0 saturated heterocycles. The van der Waals surface area contributed by atoms with Crippen LogP contribution >= 0.6 is 15.9 Å². The van der Waals surface area contributed by atoms with E-state index in [1.165, 1.54) is 19.1 Å². The number of esters is 2. The first-order valence-corrected chi connectivity index (χ1v) is 9.39. The highest BCUT2D eigenvalue weighted by molar-refractivity contribution is 9.09. The van der Waals surface area contributed by atoms with Gasteiger partial charge < -0.3 is 14.8 Å². The van der Waals surface area contributed by atoms with Gasteiger partial charge in [0.2, 0.25) is 11.4 Å². The van der Waals surface area contributed by atoms with Crippen LogP contribution in [0.25, 0.3) is 0 Å². The lowest BCUT2D eigenvalue weighted by Gasteiger charge is -2.30. The minimum atomic E-state index is -2.08. The molecule has 0 aliphatic heterocycles. The lowest BCUT2D eigenvalue weighted by Crippen LogP contribution is -2.62. The molecule has 0 spiro atoms. The minimum absolute atomic E-state index is 0.0109. The van der Waals surface area contributed by atoms with E-state index < -0.39 is 29.2 Å². The number of rotatable bonds is 9. The molecule has 6 nitrogen and oxygen atoms in total. The zero-order valence-corrected chi connectivity index (χ0v) is 16.7. The predicted molar refractivity (Wildman–Crippen MR) is 97.4 cm³/mol. The van der Waals surface area contributed by atoms with E-state index >= 15 is 0 Å². The van der Waals surface area contributed by atoms with Crippen LogP contribution in [0.3, 0.4) is 0 Å². The third-order valence-electron chi connectivity index (χ3n) is 3.62. The molecule has 8 heteroatoms. The fraction of sp³-hybridized carbons (Fsp3) is 0.500. The zero-order chi connectivity index (χ0) is 19.7. The lowest BCUT2D eigenvalue weighted by molar-refractivity contribution is -0.168. The highest BCUT2D eigenvalue weighted by Gasteiger charge is 2.50. The quantitative estimate of drug-likeness (QED) is 0.368. The molecular weight excluding hydrogens is 409 g/mol. The largest absolute Gasteiger partial charge is 0.464 e. The van der Waals surface area contributed by atoms with Crippen molar-refractivity contribution in [2.75, 3.05) is 18.5 Å². The van der Waals surface area contributed by atoms with Crippen molar-refractivity contribution in [2.45, 2.75) is 39.2 Å². The van der Waals surface area contributed by atoms with E-state index in [1.54, 1.807) is 19.9 Å². The van der Waals surface area contributed by atoms with Crippen molar-refractivity contribution >= 4 is 33.8 Å². The monoisotopic (exact) mass is 431 g/mol. The second-order valence-corrected chi connectivity index (χ2v) is 6.35. The van der Waals surface area contributed by atoms with Gasteiger partial charge in [0.1, 0.15) is 5.82 Å². The molecular formula is C18H23BrFNO5. The summed E-state index contributed by atoms with van der Waals surface area (Å²) in [5, 5.41) is 2.99. The van der Waals surface area contributed by atoms with Crippen LogP contribution in [-0.4, -0.2) is 41.9 Å². The number of hydrogen-bond acceptors (Lipinski definition) is 5. The number of halogens is 2. The molecule has 1 amide bonds. The van der Waals surface area contributed by atoms with Gasteiger partial charge in [-0.1, -0.05) is 22.0 Å². The highest BCUT2D eigenvalue weighted by atomic mass is 79.9. The summed E-state index contributed by atoms with van der Waals surface area (Å²) in [6.07, 6.45) is 0.280. The number of aryl methyl sites for hydroxylation is 1. The third-order valence-corrected chi connectivity index (χ3v) is 4.02. The first-order chi connectivity index (χ1) is 12.3. The first kappa shape index (κ1) is 22.1. The summed E-state index contributed by atoms with van der Waals surface area (Å²) in [5.74, 6) is -3.00. The molecule has 1 N–H and O–H groups in total. The van der Waals surface area contributed by atoms with E-state index in [4.69, 9.17) is 9.47 Å². The average molecular weight is 432 g/mol. The fourth-order valence-electron chi connectivity index (χ4n) is 2.57. The maximum absolute atomic E-state index is 13.8. The molecule has 0 heterocycles. The zero-order valence-electron chi connectivity index (χ0n) is 15.1. The Morgan fingerprint density at radius 1 is 1.12 bits per heavy atom. The van der Waals surface area contributed by atoms with Crippen molar-refractivity contribution in [2.24, 2.45) is 0 Å². The Hall–Kier alpha value is -1.96. The molecule has 0 aliphatic rings. The summed E-state index contributed by atoms with van der Waals surface area (Å²) < 4.78 is 23.8. The summed E-state index contributed by atoms with van der Waals surface area (Å²) in [6.45, 7) is 4.37. The van der Waals surface area contributed by atoms with E-state index in [9.17, 15) is 18.8 Å². The maximum Gasteiger partial charge on any atom is 0.344 e. The van der Waals surface area contributed by atoms with Crippen LogP contribution in [0, 0.1) is 5.82 Å². The number of hydrogen-bond donors (Lipinski definition) is 1. The SMILES string of the molecule is CCOC(=O)C(Cc1cc(F)ccc1CCBr)(NC(C)=O)C(=O)OCC. The standard InChI is InChI=1S/C18H23BrFNO5/c1-4-25-16(23)18(21-12(3)22,17(24)26-5-2)11-14-10-15(20)7-6-13(14)8-9-19/h6-7,10H,4-5,8-9,11H2,1-3H3,(H,21,22). The second-order valence-electron chi connectivity index (χ2n) is 5.56. The van der Waals surface area contributed by atoms with Gasteiger partial charge in [-0.25, -0.2) is 14.0 Å². The van der Waals surface area contributed by atoms with Gasteiger partial charge in [0, 0.05) is 18.7 Å². The predicted octanol–water partition coefficient (Wildman–Crippen LogP) is 2.31. The summed E-state index contributed by atoms with van der Waals surface area (Å²) in [6, 6.07) is 4.13. The fourth-order valence-corrected chi connectivity index (χ4v) is 3.00. The molecule has 144 valence electrons. The number of benzene rings is 1. The van der Waals surface area contributed by atoms with Crippen LogP contribution in [-0.2, 0) is 36.7 Å². The van der Waals surface area contributed by atoms with Crippen LogP contribution in [0.15, 0.2) is 18.2 Å². The Labute approximate surface area is 160 Å². The Kier molecular flexibility index (Phi) is 8.71. The highest BCUT2D eigenvalue weighted by Crippen LogP contribution is 2.23. The molecule has 0 aliphatic carbocycles. The molecule has 0 fully saturated rings. The van der Waals surface area contributed by atoms with Gasteiger partial charge in [0.15, 0.2) is 0 Å². The Balaban J connectivity index is 3.47. The normalized spacial score (nSPS) is 11.0. The van der Waals surface area contributed by atoms with Gasteiger partial charge in [-0.05, 0) is 43.5 Å². The van der Waals surface area contributed by atoms with E-state index in [0.717, 1.165) is 5.56 Å². The van der Waals surface area contributed by atoms with Gasteiger partial charge in [0.25, 0.3) is 0 Å². The van der Waals surface area contributed by atoms with Crippen molar-refractivity contribution in [3.05, 3.63) is 35.1 Å². The lowest BCUT2D eigenvalue weighted by atomic mass is 9.87. The Morgan fingerprint density at radius 2 is 1.69 bits per heavy atom. The number of carbonyl (C=O) groups is 3. The molecule has 0 aromatic heterocycles. The van der Waals surface area contributed by atoms with Crippen molar-refractivity contribution in [1.29, 1.82) is 0 Å². The topological polar surface area (TPSA) is 81.7 Å². The molecule has 0 unspecified atom stereocenters. The maximum atomic E-state index is 13.8. The van der Waals surface area contributed by atoms with E-state index in [-0.39, 0.29) is 19.6 Å². The molecule has 1 aromatic rings. The first-order valence-electron chi connectivity index (χ1n) is 8.27. The summed E-state index contributed by atoms with van der Waals surface area (Å²) in [4.78, 5) is 37.0. The number of carbonyl (C=O) groups excluding carboxylic acids is 3. The molecule has 26 heavy (non-hydrogen) atoms. The second kappa shape index (κ2) is 10.3. The van der Waals surface area contributed by atoms with E-state index in [0.29, 0.717) is 17.3 Å². The van der Waals surface area contributed by atoms with Crippen LogP contribution in [0.4, 0.5) is 4.39 Å². The Morgan fingerprint density at radius 3 is 2.15 bits per heavy atom. The minimum Gasteiger partial charge on any atom is -0.464 e. The molecule has 1 aromatic carbocycles. The molecule has 0 bridgehead atoms. The number of alkyl halides is 1. The van der Waals surface area contributed by atoms with Crippen LogP contribution in [0.5, 0.6) is 0 Å². The van der Waals surface area contributed by atoms with Crippen molar-refractivity contribution in [1.82, 2.24) is 5.32 Å². The van der Waals surface area contributed by atoms with Gasteiger partial charge in [-0.15, -0.1) is 0 Å². The number of nitrogens with one attached hydrogen (secondary N) is 1. The molecule has 0 radical (unpaired) electrons. The van der Waals surface area contributed by atoms with Crippen molar-refractivity contribution in [3.63, 3.8) is 0 Å².